The molecular weight excluding hydrogens is 356 g/mol. The quantitative estimate of drug-likeness (QED) is 0.696. The van der Waals surface area contributed by atoms with Crippen molar-refractivity contribution >= 4 is 16.7 Å². The van der Waals surface area contributed by atoms with Gasteiger partial charge in [0.05, 0.1) is 27.4 Å². The van der Waals surface area contributed by atoms with E-state index < -0.39 is 0 Å². The molecule has 1 aliphatic heterocycles. The molecule has 1 aliphatic rings. The smallest absolute Gasteiger partial charge is 0.254 e. The summed E-state index contributed by atoms with van der Waals surface area (Å²) in [5.74, 6) is 1.22. The van der Waals surface area contributed by atoms with Gasteiger partial charge >= 0.3 is 0 Å². The Balaban J connectivity index is 1.54. The van der Waals surface area contributed by atoms with E-state index >= 15 is 0 Å². The van der Waals surface area contributed by atoms with Crippen LogP contribution in [0.4, 0.5) is 0 Å². The number of aromatic nitrogens is 1. The Labute approximate surface area is 163 Å². The van der Waals surface area contributed by atoms with Crippen molar-refractivity contribution < 1.29 is 19.0 Å². The van der Waals surface area contributed by atoms with Crippen molar-refractivity contribution in [2.24, 2.45) is 0 Å². The van der Waals surface area contributed by atoms with Gasteiger partial charge in [-0.1, -0.05) is 18.2 Å². The molecule has 144 valence electrons. The van der Waals surface area contributed by atoms with E-state index in [2.05, 4.69) is 23.2 Å². The number of morpholine rings is 1. The third-order valence-electron chi connectivity index (χ3n) is 4.99. The van der Waals surface area contributed by atoms with Gasteiger partial charge in [-0.25, -0.2) is 4.98 Å². The average Bonchev–Trinajstić information content (AvgIpc) is 2.78. The summed E-state index contributed by atoms with van der Waals surface area (Å²) in [6, 6.07) is 15.6. The van der Waals surface area contributed by atoms with Gasteiger partial charge in [-0.2, -0.15) is 0 Å². The summed E-state index contributed by atoms with van der Waals surface area (Å²) in [5, 5.41) is 2.22. The number of hydrogen-bond acceptors (Lipinski definition) is 5. The minimum atomic E-state index is -0.159. The molecule has 1 atom stereocenters. The maximum Gasteiger partial charge on any atom is 0.254 e. The highest BCUT2D eigenvalue weighted by Gasteiger charge is 2.26. The Morgan fingerprint density at radius 1 is 1.07 bits per heavy atom. The molecular formula is C22H22N2O4. The van der Waals surface area contributed by atoms with Crippen LogP contribution in [0.15, 0.2) is 54.7 Å². The summed E-state index contributed by atoms with van der Waals surface area (Å²) in [5.41, 5.74) is 1.63. The first-order valence-corrected chi connectivity index (χ1v) is 9.16. The average molecular weight is 378 g/mol. The van der Waals surface area contributed by atoms with Crippen LogP contribution in [0.5, 0.6) is 11.6 Å². The molecule has 0 aliphatic carbocycles. The zero-order valence-electron chi connectivity index (χ0n) is 15.9. The number of amides is 1. The van der Waals surface area contributed by atoms with Gasteiger partial charge in [0.25, 0.3) is 5.91 Å². The first-order chi connectivity index (χ1) is 13.7. The lowest BCUT2D eigenvalue weighted by atomic mass is 10.0. The fourth-order valence-electron chi connectivity index (χ4n) is 3.44. The second-order valence-corrected chi connectivity index (χ2v) is 6.67. The number of nitrogens with zero attached hydrogens (tertiary/aromatic N) is 2. The van der Waals surface area contributed by atoms with Crippen molar-refractivity contribution in [1.82, 2.24) is 9.88 Å². The van der Waals surface area contributed by atoms with Gasteiger partial charge in [-0.15, -0.1) is 0 Å². The summed E-state index contributed by atoms with van der Waals surface area (Å²) in [4.78, 5) is 18.8. The zero-order valence-corrected chi connectivity index (χ0v) is 15.9. The van der Waals surface area contributed by atoms with Gasteiger partial charge < -0.3 is 19.1 Å². The number of rotatable bonds is 4. The van der Waals surface area contributed by atoms with Crippen LogP contribution in [-0.4, -0.2) is 49.7 Å². The molecule has 4 rings (SSSR count). The molecule has 28 heavy (non-hydrogen) atoms. The van der Waals surface area contributed by atoms with E-state index in [1.165, 1.54) is 7.11 Å². The van der Waals surface area contributed by atoms with E-state index in [0.29, 0.717) is 31.1 Å². The van der Waals surface area contributed by atoms with Crippen LogP contribution in [0.3, 0.4) is 0 Å². The normalized spacial score (nSPS) is 16.8. The largest absolute Gasteiger partial charge is 0.497 e. The van der Waals surface area contributed by atoms with Gasteiger partial charge in [0, 0.05) is 24.4 Å². The number of carbonyl (C=O) groups excluding carboxylic acids is 1. The molecule has 0 radical (unpaired) electrons. The number of hydrogen-bond donors (Lipinski definition) is 0. The summed E-state index contributed by atoms with van der Waals surface area (Å²) >= 11 is 0. The molecule has 1 fully saturated rings. The van der Waals surface area contributed by atoms with Crippen molar-refractivity contribution in [1.29, 1.82) is 0 Å². The summed E-state index contributed by atoms with van der Waals surface area (Å²) in [6.45, 7) is 1.56. The highest BCUT2D eigenvalue weighted by atomic mass is 16.5. The van der Waals surface area contributed by atoms with Crippen molar-refractivity contribution in [2.75, 3.05) is 33.9 Å². The topological polar surface area (TPSA) is 60.9 Å². The lowest BCUT2D eigenvalue weighted by Gasteiger charge is -2.33. The Hall–Kier alpha value is -3.12. The Morgan fingerprint density at radius 3 is 2.71 bits per heavy atom. The zero-order chi connectivity index (χ0) is 19.5. The third kappa shape index (κ3) is 3.64. The monoisotopic (exact) mass is 378 g/mol. The van der Waals surface area contributed by atoms with Gasteiger partial charge in [0.2, 0.25) is 5.88 Å². The van der Waals surface area contributed by atoms with Gasteiger partial charge in [0.1, 0.15) is 11.9 Å². The van der Waals surface area contributed by atoms with E-state index in [0.717, 1.165) is 22.1 Å². The van der Waals surface area contributed by atoms with Crippen LogP contribution in [0, 0.1) is 0 Å². The number of methoxy groups -OCH3 is 2. The number of benzene rings is 2. The second-order valence-electron chi connectivity index (χ2n) is 6.67. The number of carbonyl (C=O) groups is 1. The van der Waals surface area contributed by atoms with E-state index in [4.69, 9.17) is 14.2 Å². The fraction of sp³-hybridized carbons (Fsp3) is 0.273. The molecule has 0 unspecified atom stereocenters. The SMILES string of the molecule is COc1ccc2cc([C@@H]3CN(C(=O)c4ccnc(OC)c4)CCO3)ccc2c1. The first kappa shape index (κ1) is 18.3. The van der Waals surface area contributed by atoms with Crippen LogP contribution in [-0.2, 0) is 4.74 Å². The molecule has 1 saturated heterocycles. The molecule has 0 bridgehead atoms. The summed E-state index contributed by atoms with van der Waals surface area (Å²) < 4.78 is 16.4. The Kier molecular flexibility index (Phi) is 5.12. The molecule has 6 nitrogen and oxygen atoms in total. The molecule has 0 N–H and O–H groups in total. The standard InChI is InChI=1S/C22H22N2O4/c1-26-19-6-5-15-11-17(4-3-16(15)12-19)20-14-24(9-10-28-20)22(25)18-7-8-23-21(13-18)27-2/h3-8,11-13,20H,9-10,14H2,1-2H3/t20-/m0/s1. The van der Waals surface area contributed by atoms with Crippen LogP contribution in [0.25, 0.3) is 10.8 Å². The molecule has 0 spiro atoms. The van der Waals surface area contributed by atoms with Crippen LogP contribution < -0.4 is 9.47 Å². The minimum absolute atomic E-state index is 0.0421. The predicted octanol–water partition coefficient (Wildman–Crippen LogP) is 3.47. The van der Waals surface area contributed by atoms with E-state index in [-0.39, 0.29) is 12.0 Å². The van der Waals surface area contributed by atoms with Crippen molar-refractivity contribution in [3.8, 4) is 11.6 Å². The molecule has 0 saturated carbocycles. The second kappa shape index (κ2) is 7.86. The lowest BCUT2D eigenvalue weighted by Crippen LogP contribution is -2.42. The first-order valence-electron chi connectivity index (χ1n) is 9.16. The molecule has 1 amide bonds. The van der Waals surface area contributed by atoms with Crippen LogP contribution in [0.2, 0.25) is 0 Å². The number of fused-ring (bicyclic) bond motifs is 1. The molecule has 3 aromatic rings. The van der Waals surface area contributed by atoms with E-state index in [9.17, 15) is 4.79 Å². The van der Waals surface area contributed by atoms with Gasteiger partial charge in [-0.05, 0) is 40.6 Å². The molecule has 2 aromatic carbocycles. The molecule has 6 heteroatoms. The molecule has 2 heterocycles. The minimum Gasteiger partial charge on any atom is -0.497 e. The Bertz CT molecular complexity index is 1000. The maximum atomic E-state index is 12.9. The van der Waals surface area contributed by atoms with E-state index in [1.54, 1.807) is 25.4 Å². The van der Waals surface area contributed by atoms with Crippen molar-refractivity contribution in [2.45, 2.75) is 6.10 Å². The van der Waals surface area contributed by atoms with Crippen molar-refractivity contribution in [3.05, 3.63) is 65.9 Å². The number of ether oxygens (including phenoxy) is 3. The highest BCUT2D eigenvalue weighted by Crippen LogP contribution is 2.28. The third-order valence-corrected chi connectivity index (χ3v) is 4.99. The fourth-order valence-corrected chi connectivity index (χ4v) is 3.44. The lowest BCUT2D eigenvalue weighted by molar-refractivity contribution is -0.0227. The van der Waals surface area contributed by atoms with Gasteiger partial charge in [-0.3, -0.25) is 4.79 Å². The molecule has 1 aromatic heterocycles. The number of pyridine rings is 1. The van der Waals surface area contributed by atoms with Gasteiger partial charge in [0.15, 0.2) is 0 Å². The van der Waals surface area contributed by atoms with Crippen LogP contribution in [0.1, 0.15) is 22.0 Å². The summed E-state index contributed by atoms with van der Waals surface area (Å²) in [7, 11) is 3.20. The van der Waals surface area contributed by atoms with Crippen molar-refractivity contribution in [3.63, 3.8) is 0 Å². The Morgan fingerprint density at radius 2 is 1.89 bits per heavy atom. The van der Waals surface area contributed by atoms with E-state index in [1.807, 2.05) is 23.1 Å². The predicted molar refractivity (Wildman–Crippen MR) is 106 cm³/mol. The highest BCUT2D eigenvalue weighted by molar-refractivity contribution is 5.94. The van der Waals surface area contributed by atoms with Crippen LogP contribution >= 0.6 is 0 Å². The maximum absolute atomic E-state index is 12.9. The summed E-state index contributed by atoms with van der Waals surface area (Å²) in [6.07, 6.45) is 1.43.